The summed E-state index contributed by atoms with van der Waals surface area (Å²) in [5, 5.41) is 0. The van der Waals surface area contributed by atoms with Crippen molar-refractivity contribution < 1.29 is 4.79 Å². The second kappa shape index (κ2) is 6.08. The van der Waals surface area contributed by atoms with Crippen LogP contribution in [0.3, 0.4) is 0 Å². The SMILES string of the molecule is Cc1c(C(N)=O)c(-c2ccccc2)c(C)n1Cc1ccccn1. The van der Waals surface area contributed by atoms with Crippen LogP contribution in [0.5, 0.6) is 0 Å². The van der Waals surface area contributed by atoms with Crippen molar-refractivity contribution in [3.05, 3.63) is 77.4 Å². The highest BCUT2D eigenvalue weighted by Gasteiger charge is 2.22. The van der Waals surface area contributed by atoms with Gasteiger partial charge in [-0.15, -0.1) is 0 Å². The number of rotatable bonds is 4. The molecule has 0 saturated carbocycles. The minimum atomic E-state index is -0.399. The van der Waals surface area contributed by atoms with Crippen LogP contribution < -0.4 is 5.73 Å². The molecule has 2 aromatic heterocycles. The fourth-order valence-electron chi connectivity index (χ4n) is 3.03. The van der Waals surface area contributed by atoms with E-state index in [0.717, 1.165) is 28.2 Å². The molecule has 0 radical (unpaired) electrons. The van der Waals surface area contributed by atoms with Crippen LogP contribution in [-0.4, -0.2) is 15.5 Å². The molecule has 4 nitrogen and oxygen atoms in total. The minimum absolute atomic E-state index is 0.399. The molecule has 3 aromatic rings. The molecule has 3 rings (SSSR count). The summed E-state index contributed by atoms with van der Waals surface area (Å²) in [6.45, 7) is 4.57. The maximum absolute atomic E-state index is 12.0. The van der Waals surface area contributed by atoms with Gasteiger partial charge in [0, 0.05) is 23.1 Å². The van der Waals surface area contributed by atoms with Crippen LogP contribution >= 0.6 is 0 Å². The average Bonchev–Trinajstić information content (AvgIpc) is 2.81. The van der Waals surface area contributed by atoms with Crippen molar-refractivity contribution in [2.24, 2.45) is 5.73 Å². The van der Waals surface area contributed by atoms with Crippen LogP contribution in [0.2, 0.25) is 0 Å². The summed E-state index contributed by atoms with van der Waals surface area (Å²) in [6.07, 6.45) is 1.77. The number of hydrogen-bond donors (Lipinski definition) is 1. The van der Waals surface area contributed by atoms with E-state index < -0.39 is 5.91 Å². The van der Waals surface area contributed by atoms with Crippen molar-refractivity contribution in [2.75, 3.05) is 0 Å². The minimum Gasteiger partial charge on any atom is -0.366 e. The number of primary amides is 1. The topological polar surface area (TPSA) is 60.9 Å². The largest absolute Gasteiger partial charge is 0.366 e. The molecule has 0 atom stereocenters. The molecule has 2 heterocycles. The predicted molar refractivity (Wildman–Crippen MR) is 91.2 cm³/mol. The van der Waals surface area contributed by atoms with Crippen LogP contribution in [0.1, 0.15) is 27.4 Å². The number of benzene rings is 1. The molecule has 0 spiro atoms. The second-order valence-corrected chi connectivity index (χ2v) is 5.56. The zero-order chi connectivity index (χ0) is 16.4. The quantitative estimate of drug-likeness (QED) is 0.804. The number of pyridine rings is 1. The molecule has 0 bridgehead atoms. The van der Waals surface area contributed by atoms with Gasteiger partial charge in [-0.2, -0.15) is 0 Å². The Morgan fingerprint density at radius 2 is 1.74 bits per heavy atom. The molecule has 0 aliphatic carbocycles. The molecule has 0 unspecified atom stereocenters. The summed E-state index contributed by atoms with van der Waals surface area (Å²) >= 11 is 0. The molecule has 1 amide bonds. The molecule has 23 heavy (non-hydrogen) atoms. The van der Waals surface area contributed by atoms with Crippen molar-refractivity contribution >= 4 is 5.91 Å². The fraction of sp³-hybridized carbons (Fsp3) is 0.158. The predicted octanol–water partition coefficient (Wildman–Crippen LogP) is 3.31. The van der Waals surface area contributed by atoms with Crippen LogP contribution in [0.15, 0.2) is 54.7 Å². The molecular formula is C19H19N3O. The first-order valence-electron chi connectivity index (χ1n) is 7.54. The number of aromatic nitrogens is 2. The number of carbonyl (C=O) groups is 1. The number of hydrogen-bond acceptors (Lipinski definition) is 2. The van der Waals surface area contributed by atoms with E-state index in [4.69, 9.17) is 5.73 Å². The van der Waals surface area contributed by atoms with Crippen molar-refractivity contribution in [2.45, 2.75) is 20.4 Å². The van der Waals surface area contributed by atoms with Gasteiger partial charge in [-0.25, -0.2) is 0 Å². The molecule has 116 valence electrons. The lowest BCUT2D eigenvalue weighted by Crippen LogP contribution is -2.13. The lowest BCUT2D eigenvalue weighted by molar-refractivity contribution is 0.1000. The third kappa shape index (κ3) is 2.75. The van der Waals surface area contributed by atoms with Gasteiger partial charge in [-0.1, -0.05) is 36.4 Å². The van der Waals surface area contributed by atoms with Crippen LogP contribution in [-0.2, 0) is 6.54 Å². The first kappa shape index (κ1) is 15.0. The van der Waals surface area contributed by atoms with Crippen LogP contribution in [0, 0.1) is 13.8 Å². The Balaban J connectivity index is 2.17. The second-order valence-electron chi connectivity index (χ2n) is 5.56. The van der Waals surface area contributed by atoms with E-state index >= 15 is 0 Å². The monoisotopic (exact) mass is 305 g/mol. The molecule has 0 saturated heterocycles. The Hall–Kier alpha value is -2.88. The van der Waals surface area contributed by atoms with Gasteiger partial charge in [0.1, 0.15) is 0 Å². The summed E-state index contributed by atoms with van der Waals surface area (Å²) in [7, 11) is 0. The van der Waals surface area contributed by atoms with Crippen LogP contribution in [0.25, 0.3) is 11.1 Å². The third-order valence-electron chi connectivity index (χ3n) is 4.14. The molecular weight excluding hydrogens is 286 g/mol. The molecule has 0 fully saturated rings. The van der Waals surface area contributed by atoms with E-state index in [-0.39, 0.29) is 0 Å². The van der Waals surface area contributed by atoms with Gasteiger partial charge in [0.2, 0.25) is 0 Å². The summed E-state index contributed by atoms with van der Waals surface area (Å²) in [5.74, 6) is -0.399. The van der Waals surface area contributed by atoms with Gasteiger partial charge in [0.25, 0.3) is 5.91 Å². The maximum atomic E-state index is 12.0. The maximum Gasteiger partial charge on any atom is 0.251 e. The van der Waals surface area contributed by atoms with Gasteiger partial charge in [-0.05, 0) is 31.5 Å². The van der Waals surface area contributed by atoms with Crippen molar-refractivity contribution in [1.82, 2.24) is 9.55 Å². The smallest absolute Gasteiger partial charge is 0.251 e. The molecule has 0 aliphatic rings. The van der Waals surface area contributed by atoms with E-state index in [9.17, 15) is 4.79 Å². The Morgan fingerprint density at radius 1 is 1.04 bits per heavy atom. The van der Waals surface area contributed by atoms with Crippen molar-refractivity contribution in [3.63, 3.8) is 0 Å². The van der Waals surface area contributed by atoms with Gasteiger partial charge in [-0.3, -0.25) is 9.78 Å². The highest BCUT2D eigenvalue weighted by Crippen LogP contribution is 2.32. The molecule has 0 aliphatic heterocycles. The standard InChI is InChI=1S/C19H19N3O/c1-13-17(15-8-4-3-5-9-15)18(19(20)23)14(2)22(13)12-16-10-6-7-11-21-16/h3-11H,12H2,1-2H3,(H2,20,23). The van der Waals surface area contributed by atoms with E-state index in [0.29, 0.717) is 12.1 Å². The number of nitrogens with zero attached hydrogens (tertiary/aromatic N) is 2. The zero-order valence-electron chi connectivity index (χ0n) is 13.3. The highest BCUT2D eigenvalue weighted by atomic mass is 16.1. The van der Waals surface area contributed by atoms with Crippen molar-refractivity contribution in [3.8, 4) is 11.1 Å². The summed E-state index contributed by atoms with van der Waals surface area (Å²) in [5.41, 5.74) is 11.0. The number of nitrogens with two attached hydrogens (primary N) is 1. The third-order valence-corrected chi connectivity index (χ3v) is 4.14. The lowest BCUT2D eigenvalue weighted by Gasteiger charge is -2.09. The highest BCUT2D eigenvalue weighted by molar-refractivity contribution is 6.02. The zero-order valence-corrected chi connectivity index (χ0v) is 13.3. The normalized spacial score (nSPS) is 10.7. The fourth-order valence-corrected chi connectivity index (χ4v) is 3.03. The van der Waals surface area contributed by atoms with E-state index in [1.54, 1.807) is 6.20 Å². The Labute approximate surface area is 135 Å². The Bertz CT molecular complexity index is 836. The van der Waals surface area contributed by atoms with Gasteiger partial charge < -0.3 is 10.3 Å². The van der Waals surface area contributed by atoms with Gasteiger partial charge in [0.05, 0.1) is 17.8 Å². The van der Waals surface area contributed by atoms with Gasteiger partial charge in [0.15, 0.2) is 0 Å². The van der Waals surface area contributed by atoms with E-state index in [1.807, 2.05) is 62.4 Å². The summed E-state index contributed by atoms with van der Waals surface area (Å²) in [6, 6.07) is 15.7. The molecule has 2 N–H and O–H groups in total. The first-order chi connectivity index (χ1) is 11.1. The first-order valence-corrected chi connectivity index (χ1v) is 7.54. The van der Waals surface area contributed by atoms with Crippen LogP contribution in [0.4, 0.5) is 0 Å². The lowest BCUT2D eigenvalue weighted by atomic mass is 10.0. The van der Waals surface area contributed by atoms with Crippen molar-refractivity contribution in [1.29, 1.82) is 0 Å². The number of carbonyl (C=O) groups excluding carboxylic acids is 1. The Morgan fingerprint density at radius 3 is 2.35 bits per heavy atom. The van der Waals surface area contributed by atoms with Gasteiger partial charge >= 0.3 is 0 Å². The number of amides is 1. The average molecular weight is 305 g/mol. The molecule has 1 aromatic carbocycles. The van der Waals surface area contributed by atoms with E-state index in [2.05, 4.69) is 9.55 Å². The Kier molecular flexibility index (Phi) is 3.98. The van der Waals surface area contributed by atoms with E-state index in [1.165, 1.54) is 0 Å². The summed E-state index contributed by atoms with van der Waals surface area (Å²) < 4.78 is 2.10. The molecule has 4 heteroatoms. The summed E-state index contributed by atoms with van der Waals surface area (Å²) in [4.78, 5) is 16.4.